The Morgan fingerprint density at radius 2 is 1.92 bits per heavy atom. The molecule has 12 heavy (non-hydrogen) atoms. The van der Waals surface area contributed by atoms with E-state index in [-0.39, 0.29) is 0 Å². The Morgan fingerprint density at radius 1 is 1.33 bits per heavy atom. The molecule has 0 bridgehead atoms. The minimum Gasteiger partial charge on any atom is -0.325 e. The Labute approximate surface area is 75.1 Å². The first-order valence-corrected chi connectivity index (χ1v) is 5.16. The summed E-state index contributed by atoms with van der Waals surface area (Å²) in [5, 5.41) is 0. The number of hydrogen-bond donors (Lipinski definition) is 1. The van der Waals surface area contributed by atoms with Crippen LogP contribution in [0.15, 0.2) is 0 Å². The summed E-state index contributed by atoms with van der Waals surface area (Å²) in [7, 11) is 0. The van der Waals surface area contributed by atoms with Crippen LogP contribution >= 0.6 is 0 Å². The molecule has 0 spiro atoms. The Kier molecular flexibility index (Phi) is 2.13. The van der Waals surface area contributed by atoms with Gasteiger partial charge in [-0.25, -0.2) is 0 Å². The summed E-state index contributed by atoms with van der Waals surface area (Å²) in [6, 6.07) is 0.468. The predicted molar refractivity (Wildman–Crippen MR) is 51.0 cm³/mol. The average Bonchev–Trinajstić information content (AvgIpc) is 2.33. The van der Waals surface area contributed by atoms with Crippen LogP contribution in [0.3, 0.4) is 0 Å². The van der Waals surface area contributed by atoms with Crippen LogP contribution in [0, 0.1) is 5.41 Å². The molecule has 0 aromatic rings. The monoisotopic (exact) mass is 168 g/mol. The second-order valence-corrected chi connectivity index (χ2v) is 4.97. The Balaban J connectivity index is 1.78. The first kappa shape index (κ1) is 8.52. The quantitative estimate of drug-likeness (QED) is 0.671. The molecule has 1 aliphatic heterocycles. The van der Waals surface area contributed by atoms with Gasteiger partial charge in [0.15, 0.2) is 0 Å². The average molecular weight is 168 g/mol. The minimum atomic E-state index is 0.468. The van der Waals surface area contributed by atoms with E-state index >= 15 is 0 Å². The van der Waals surface area contributed by atoms with Crippen LogP contribution in [0.4, 0.5) is 0 Å². The molecular formula is C10H20N2. The van der Waals surface area contributed by atoms with Gasteiger partial charge in [0.05, 0.1) is 0 Å². The van der Waals surface area contributed by atoms with Crippen molar-refractivity contribution in [3.63, 3.8) is 0 Å². The molecule has 2 rings (SSSR count). The van der Waals surface area contributed by atoms with Crippen LogP contribution in [-0.4, -0.2) is 30.6 Å². The lowest BCUT2D eigenvalue weighted by Crippen LogP contribution is -2.57. The Bertz CT molecular complexity index is 155. The van der Waals surface area contributed by atoms with Gasteiger partial charge in [-0.2, -0.15) is 0 Å². The largest absolute Gasteiger partial charge is 0.325 e. The standard InChI is InChI=1S/C10H20N2/c1-10(4-2-3-5-10)8-12-6-9(11)7-12/h9H,2-8,11H2,1H3. The van der Waals surface area contributed by atoms with Gasteiger partial charge in [0.25, 0.3) is 0 Å². The molecule has 0 radical (unpaired) electrons. The van der Waals surface area contributed by atoms with Crippen molar-refractivity contribution in [3.05, 3.63) is 0 Å². The van der Waals surface area contributed by atoms with Crippen molar-refractivity contribution in [2.75, 3.05) is 19.6 Å². The number of hydrogen-bond acceptors (Lipinski definition) is 2. The minimum absolute atomic E-state index is 0.468. The van der Waals surface area contributed by atoms with Crippen molar-refractivity contribution >= 4 is 0 Å². The molecule has 70 valence electrons. The van der Waals surface area contributed by atoms with E-state index in [0.717, 1.165) is 13.1 Å². The van der Waals surface area contributed by atoms with E-state index in [9.17, 15) is 0 Å². The van der Waals surface area contributed by atoms with Crippen molar-refractivity contribution in [3.8, 4) is 0 Å². The summed E-state index contributed by atoms with van der Waals surface area (Å²) < 4.78 is 0. The molecule has 1 aliphatic carbocycles. The highest BCUT2D eigenvalue weighted by molar-refractivity contribution is 4.90. The highest BCUT2D eigenvalue weighted by Gasteiger charge is 2.34. The van der Waals surface area contributed by atoms with E-state index in [2.05, 4.69) is 11.8 Å². The van der Waals surface area contributed by atoms with Gasteiger partial charge in [-0.3, -0.25) is 4.90 Å². The fourth-order valence-electron chi connectivity index (χ4n) is 2.67. The SMILES string of the molecule is CC1(CN2CC(N)C2)CCCC1. The Hall–Kier alpha value is -0.0800. The molecule has 2 nitrogen and oxygen atoms in total. The fraction of sp³-hybridized carbons (Fsp3) is 1.00. The van der Waals surface area contributed by atoms with E-state index < -0.39 is 0 Å². The fourth-order valence-corrected chi connectivity index (χ4v) is 2.67. The lowest BCUT2D eigenvalue weighted by atomic mass is 9.87. The van der Waals surface area contributed by atoms with Gasteiger partial charge < -0.3 is 5.73 Å². The topological polar surface area (TPSA) is 29.3 Å². The first-order valence-electron chi connectivity index (χ1n) is 5.16. The molecule has 1 saturated heterocycles. The van der Waals surface area contributed by atoms with E-state index in [1.165, 1.54) is 32.2 Å². The van der Waals surface area contributed by atoms with E-state index in [1.54, 1.807) is 0 Å². The molecule has 2 fully saturated rings. The molecule has 2 N–H and O–H groups in total. The van der Waals surface area contributed by atoms with Gasteiger partial charge in [0.2, 0.25) is 0 Å². The third-order valence-electron chi connectivity index (χ3n) is 3.40. The van der Waals surface area contributed by atoms with Crippen molar-refractivity contribution < 1.29 is 0 Å². The lowest BCUT2D eigenvalue weighted by molar-refractivity contribution is 0.0902. The maximum atomic E-state index is 5.74. The Morgan fingerprint density at radius 3 is 2.42 bits per heavy atom. The number of nitrogens with zero attached hydrogens (tertiary/aromatic N) is 1. The normalized spacial score (nSPS) is 30.5. The lowest BCUT2D eigenvalue weighted by Gasteiger charge is -2.41. The molecule has 0 atom stereocenters. The smallest absolute Gasteiger partial charge is 0.0297 e. The van der Waals surface area contributed by atoms with Gasteiger partial charge in [-0.15, -0.1) is 0 Å². The van der Waals surface area contributed by atoms with Gasteiger partial charge in [0.1, 0.15) is 0 Å². The summed E-state index contributed by atoms with van der Waals surface area (Å²) in [6.45, 7) is 6.00. The molecular weight excluding hydrogens is 148 g/mol. The maximum absolute atomic E-state index is 5.74. The van der Waals surface area contributed by atoms with Crippen molar-refractivity contribution in [1.29, 1.82) is 0 Å². The highest BCUT2D eigenvalue weighted by Crippen LogP contribution is 2.38. The van der Waals surface area contributed by atoms with Gasteiger partial charge >= 0.3 is 0 Å². The molecule has 2 aliphatic rings. The van der Waals surface area contributed by atoms with E-state index in [4.69, 9.17) is 5.73 Å². The second kappa shape index (κ2) is 3.00. The van der Waals surface area contributed by atoms with Gasteiger partial charge in [-0.1, -0.05) is 19.8 Å². The predicted octanol–water partition coefficient (Wildman–Crippen LogP) is 1.21. The third kappa shape index (κ3) is 1.64. The maximum Gasteiger partial charge on any atom is 0.0297 e. The van der Waals surface area contributed by atoms with Crippen molar-refractivity contribution in [2.24, 2.45) is 11.1 Å². The number of likely N-dealkylation sites (tertiary alicyclic amines) is 1. The van der Waals surface area contributed by atoms with Crippen LogP contribution in [-0.2, 0) is 0 Å². The van der Waals surface area contributed by atoms with Crippen LogP contribution in [0.2, 0.25) is 0 Å². The number of nitrogens with two attached hydrogens (primary N) is 1. The van der Waals surface area contributed by atoms with E-state index in [1.807, 2.05) is 0 Å². The molecule has 0 aromatic heterocycles. The van der Waals surface area contributed by atoms with Crippen LogP contribution < -0.4 is 5.73 Å². The van der Waals surface area contributed by atoms with Crippen molar-refractivity contribution in [2.45, 2.75) is 38.6 Å². The molecule has 0 amide bonds. The third-order valence-corrected chi connectivity index (χ3v) is 3.40. The van der Waals surface area contributed by atoms with Crippen LogP contribution in [0.1, 0.15) is 32.6 Å². The second-order valence-electron chi connectivity index (χ2n) is 4.97. The first-order chi connectivity index (χ1) is 5.68. The summed E-state index contributed by atoms with van der Waals surface area (Å²) in [5.74, 6) is 0. The van der Waals surface area contributed by atoms with Gasteiger partial charge in [-0.05, 0) is 18.3 Å². The molecule has 1 saturated carbocycles. The zero-order chi connectivity index (χ0) is 8.60. The van der Waals surface area contributed by atoms with Crippen molar-refractivity contribution in [1.82, 2.24) is 4.90 Å². The molecule has 2 heteroatoms. The zero-order valence-corrected chi connectivity index (χ0v) is 8.05. The number of rotatable bonds is 2. The van der Waals surface area contributed by atoms with Crippen LogP contribution in [0.5, 0.6) is 0 Å². The summed E-state index contributed by atoms with van der Waals surface area (Å²) in [6.07, 6.45) is 5.74. The van der Waals surface area contributed by atoms with Crippen LogP contribution in [0.25, 0.3) is 0 Å². The summed E-state index contributed by atoms with van der Waals surface area (Å²) in [4.78, 5) is 2.51. The molecule has 0 aromatic carbocycles. The molecule has 1 heterocycles. The molecule has 0 unspecified atom stereocenters. The highest BCUT2D eigenvalue weighted by atomic mass is 15.2. The summed E-state index contributed by atoms with van der Waals surface area (Å²) >= 11 is 0. The van der Waals surface area contributed by atoms with Gasteiger partial charge in [0, 0.05) is 25.7 Å². The summed E-state index contributed by atoms with van der Waals surface area (Å²) in [5.41, 5.74) is 6.37. The van der Waals surface area contributed by atoms with E-state index in [0.29, 0.717) is 11.5 Å². The zero-order valence-electron chi connectivity index (χ0n) is 8.05.